The summed E-state index contributed by atoms with van der Waals surface area (Å²) in [6.45, 7) is 0. The Hall–Kier alpha value is -0.530. The van der Waals surface area contributed by atoms with E-state index in [9.17, 15) is 4.79 Å². The summed E-state index contributed by atoms with van der Waals surface area (Å²) in [5, 5.41) is 0. The van der Waals surface area contributed by atoms with Crippen molar-refractivity contribution in [1.82, 2.24) is 4.90 Å². The maximum absolute atomic E-state index is 11.2. The molecule has 1 fully saturated rings. The Kier molecular flexibility index (Phi) is 2.92. The van der Waals surface area contributed by atoms with Gasteiger partial charge in [-0.15, -0.1) is 0 Å². The van der Waals surface area contributed by atoms with Crippen molar-refractivity contribution in [2.45, 2.75) is 32.1 Å². The van der Waals surface area contributed by atoms with Crippen molar-refractivity contribution >= 4 is 5.91 Å². The maximum atomic E-state index is 11.2. The van der Waals surface area contributed by atoms with Crippen molar-refractivity contribution in [3.05, 3.63) is 0 Å². The predicted molar refractivity (Wildman–Crippen MR) is 45.3 cm³/mol. The van der Waals surface area contributed by atoms with Gasteiger partial charge in [-0.3, -0.25) is 4.79 Å². The number of hydrogen-bond acceptors (Lipinski definition) is 1. The molecule has 1 aliphatic carbocycles. The van der Waals surface area contributed by atoms with Crippen LogP contribution in [-0.4, -0.2) is 24.9 Å². The highest BCUT2D eigenvalue weighted by atomic mass is 16.2. The Bertz CT molecular complexity index is 136. The van der Waals surface area contributed by atoms with Crippen molar-refractivity contribution in [1.29, 1.82) is 0 Å². The lowest BCUT2D eigenvalue weighted by Gasteiger charge is -2.13. The first-order valence-corrected chi connectivity index (χ1v) is 4.40. The molecule has 2 nitrogen and oxygen atoms in total. The molecule has 0 atom stereocenters. The van der Waals surface area contributed by atoms with E-state index >= 15 is 0 Å². The Morgan fingerprint density at radius 3 is 2.36 bits per heavy atom. The molecular formula is C9H17NO. The molecule has 0 N–H and O–H groups in total. The van der Waals surface area contributed by atoms with Gasteiger partial charge in [-0.05, 0) is 18.8 Å². The highest BCUT2D eigenvalue weighted by Crippen LogP contribution is 2.27. The Morgan fingerprint density at radius 1 is 1.36 bits per heavy atom. The first kappa shape index (κ1) is 8.57. The molecule has 1 amide bonds. The Labute approximate surface area is 68.6 Å². The van der Waals surface area contributed by atoms with E-state index in [1.165, 1.54) is 25.7 Å². The largest absolute Gasteiger partial charge is 0.349 e. The van der Waals surface area contributed by atoms with E-state index in [0.29, 0.717) is 5.92 Å². The maximum Gasteiger partial charge on any atom is 0.222 e. The van der Waals surface area contributed by atoms with Crippen LogP contribution in [0.1, 0.15) is 32.1 Å². The van der Waals surface area contributed by atoms with Crippen LogP contribution >= 0.6 is 0 Å². The van der Waals surface area contributed by atoms with Gasteiger partial charge < -0.3 is 4.90 Å². The third-order valence-corrected chi connectivity index (χ3v) is 2.44. The van der Waals surface area contributed by atoms with Gasteiger partial charge in [0.15, 0.2) is 0 Å². The van der Waals surface area contributed by atoms with E-state index < -0.39 is 0 Å². The molecule has 11 heavy (non-hydrogen) atoms. The summed E-state index contributed by atoms with van der Waals surface area (Å²) in [4.78, 5) is 12.9. The third kappa shape index (κ3) is 2.52. The van der Waals surface area contributed by atoms with Crippen LogP contribution in [0.5, 0.6) is 0 Å². The van der Waals surface area contributed by atoms with E-state index in [4.69, 9.17) is 0 Å². The zero-order valence-corrected chi connectivity index (χ0v) is 7.47. The van der Waals surface area contributed by atoms with Crippen molar-refractivity contribution < 1.29 is 4.79 Å². The van der Waals surface area contributed by atoms with Crippen molar-refractivity contribution in [2.75, 3.05) is 14.1 Å². The summed E-state index contributed by atoms with van der Waals surface area (Å²) >= 11 is 0. The SMILES string of the molecule is CN(C)C(=O)CC1CCCC1. The van der Waals surface area contributed by atoms with E-state index in [1.807, 2.05) is 14.1 Å². The molecule has 0 radical (unpaired) electrons. The van der Waals surface area contributed by atoms with Gasteiger partial charge in [0.05, 0.1) is 0 Å². The van der Waals surface area contributed by atoms with Gasteiger partial charge in [0, 0.05) is 20.5 Å². The fourth-order valence-corrected chi connectivity index (χ4v) is 1.64. The lowest BCUT2D eigenvalue weighted by molar-refractivity contribution is -0.129. The van der Waals surface area contributed by atoms with Crippen molar-refractivity contribution in [3.63, 3.8) is 0 Å². The third-order valence-electron chi connectivity index (χ3n) is 2.44. The van der Waals surface area contributed by atoms with E-state index in [-0.39, 0.29) is 5.91 Å². The van der Waals surface area contributed by atoms with Crippen LogP contribution in [0.25, 0.3) is 0 Å². The summed E-state index contributed by atoms with van der Waals surface area (Å²) in [6, 6.07) is 0. The van der Waals surface area contributed by atoms with Crippen molar-refractivity contribution in [3.8, 4) is 0 Å². The first-order valence-electron chi connectivity index (χ1n) is 4.40. The summed E-state index contributed by atoms with van der Waals surface area (Å²) in [5.74, 6) is 0.974. The summed E-state index contributed by atoms with van der Waals surface area (Å²) < 4.78 is 0. The molecule has 64 valence electrons. The number of carbonyl (C=O) groups is 1. The standard InChI is InChI=1S/C9H17NO/c1-10(2)9(11)7-8-5-3-4-6-8/h8H,3-7H2,1-2H3. The second-order valence-corrected chi connectivity index (χ2v) is 3.64. The van der Waals surface area contributed by atoms with Crippen LogP contribution in [0.4, 0.5) is 0 Å². The molecular weight excluding hydrogens is 138 g/mol. The van der Waals surface area contributed by atoms with Crippen LogP contribution in [0, 0.1) is 5.92 Å². The van der Waals surface area contributed by atoms with Gasteiger partial charge in [0.1, 0.15) is 0 Å². The quantitative estimate of drug-likeness (QED) is 0.594. The van der Waals surface area contributed by atoms with Gasteiger partial charge in [-0.2, -0.15) is 0 Å². The molecule has 0 spiro atoms. The molecule has 0 aromatic rings. The van der Waals surface area contributed by atoms with Gasteiger partial charge in [0.25, 0.3) is 0 Å². The number of amides is 1. The summed E-state index contributed by atoms with van der Waals surface area (Å²) in [7, 11) is 3.66. The smallest absolute Gasteiger partial charge is 0.222 e. The molecule has 1 rings (SSSR count). The summed E-state index contributed by atoms with van der Waals surface area (Å²) in [5.41, 5.74) is 0. The summed E-state index contributed by atoms with van der Waals surface area (Å²) in [6.07, 6.45) is 5.95. The van der Waals surface area contributed by atoms with E-state index in [0.717, 1.165) is 6.42 Å². The minimum absolute atomic E-state index is 0.289. The Balaban J connectivity index is 2.24. The normalized spacial score (nSPS) is 18.7. The van der Waals surface area contributed by atoms with Gasteiger partial charge in [0.2, 0.25) is 5.91 Å². The van der Waals surface area contributed by atoms with Crippen LogP contribution in [0.2, 0.25) is 0 Å². The minimum Gasteiger partial charge on any atom is -0.349 e. The van der Waals surface area contributed by atoms with E-state index in [1.54, 1.807) is 4.90 Å². The fourth-order valence-electron chi connectivity index (χ4n) is 1.64. The molecule has 0 heterocycles. The average molecular weight is 155 g/mol. The fraction of sp³-hybridized carbons (Fsp3) is 0.889. The predicted octanol–water partition coefficient (Wildman–Crippen LogP) is 1.65. The molecule has 0 aromatic carbocycles. The zero-order valence-electron chi connectivity index (χ0n) is 7.47. The van der Waals surface area contributed by atoms with Crippen LogP contribution in [-0.2, 0) is 4.79 Å². The number of hydrogen-bond donors (Lipinski definition) is 0. The molecule has 0 saturated heterocycles. The topological polar surface area (TPSA) is 20.3 Å². The first-order chi connectivity index (χ1) is 5.20. The molecule has 0 bridgehead atoms. The van der Waals surface area contributed by atoms with E-state index in [2.05, 4.69) is 0 Å². The monoisotopic (exact) mass is 155 g/mol. The lowest BCUT2D eigenvalue weighted by Crippen LogP contribution is -2.23. The molecule has 2 heteroatoms. The highest BCUT2D eigenvalue weighted by molar-refractivity contribution is 5.75. The number of carbonyl (C=O) groups excluding carboxylic acids is 1. The van der Waals surface area contributed by atoms with Gasteiger partial charge >= 0.3 is 0 Å². The minimum atomic E-state index is 0.289. The van der Waals surface area contributed by atoms with Crippen molar-refractivity contribution in [2.24, 2.45) is 5.92 Å². The van der Waals surface area contributed by atoms with Gasteiger partial charge in [-0.25, -0.2) is 0 Å². The molecule has 0 aliphatic heterocycles. The second kappa shape index (κ2) is 3.74. The zero-order chi connectivity index (χ0) is 8.27. The molecule has 1 saturated carbocycles. The number of nitrogens with zero attached hydrogens (tertiary/aromatic N) is 1. The molecule has 0 unspecified atom stereocenters. The van der Waals surface area contributed by atoms with Crippen LogP contribution in [0.15, 0.2) is 0 Å². The number of rotatable bonds is 2. The average Bonchev–Trinajstić information content (AvgIpc) is 2.39. The van der Waals surface area contributed by atoms with Crippen LogP contribution < -0.4 is 0 Å². The second-order valence-electron chi connectivity index (χ2n) is 3.64. The molecule has 0 aromatic heterocycles. The lowest BCUT2D eigenvalue weighted by atomic mass is 10.0. The molecule has 1 aliphatic rings. The van der Waals surface area contributed by atoms with Gasteiger partial charge in [-0.1, -0.05) is 12.8 Å². The highest BCUT2D eigenvalue weighted by Gasteiger charge is 2.18. The van der Waals surface area contributed by atoms with Crippen LogP contribution in [0.3, 0.4) is 0 Å². The Morgan fingerprint density at radius 2 is 1.91 bits per heavy atom.